The van der Waals surface area contributed by atoms with Crippen LogP contribution in [0.4, 0.5) is 0 Å². The van der Waals surface area contributed by atoms with Crippen LogP contribution in [0.2, 0.25) is 0 Å². The van der Waals surface area contributed by atoms with E-state index in [9.17, 15) is 9.59 Å². The Hall–Kier alpha value is -2.38. The van der Waals surface area contributed by atoms with E-state index in [1.54, 1.807) is 10.9 Å². The fourth-order valence-electron chi connectivity index (χ4n) is 2.09. The van der Waals surface area contributed by atoms with Crippen molar-refractivity contribution >= 4 is 24.2 Å². The Bertz CT molecular complexity index is 645. The van der Waals surface area contributed by atoms with Gasteiger partial charge in [-0.1, -0.05) is 18.2 Å². The van der Waals surface area contributed by atoms with E-state index < -0.39 is 0 Å². The Morgan fingerprint density at radius 2 is 2.00 bits per heavy atom. The van der Waals surface area contributed by atoms with Crippen molar-refractivity contribution in [3.05, 3.63) is 48.3 Å². The second-order valence-electron chi connectivity index (χ2n) is 4.78. The largest absolute Gasteiger partial charge is 0.348 e. The second kappa shape index (κ2) is 8.92. The summed E-state index contributed by atoms with van der Waals surface area (Å²) in [6.45, 7) is 1.65. The fraction of sp³-hybridized carbons (Fsp3) is 0.267. The number of benzene rings is 1. The summed E-state index contributed by atoms with van der Waals surface area (Å²) in [6, 6.07) is 9.30. The summed E-state index contributed by atoms with van der Waals surface area (Å²) in [6.07, 6.45) is 3.54. The zero-order valence-corrected chi connectivity index (χ0v) is 13.5. The summed E-state index contributed by atoms with van der Waals surface area (Å²) in [7, 11) is 0. The number of hydrogen-bond acceptors (Lipinski definition) is 4. The molecule has 2 rings (SSSR count). The lowest BCUT2D eigenvalue weighted by atomic mass is 10.1. The average molecular weight is 338 g/mol. The lowest BCUT2D eigenvalue weighted by Crippen LogP contribution is -2.40. The molecule has 23 heavy (non-hydrogen) atoms. The SMILES string of the molecule is CC(NC(=O)CNC(=O)CN)c1ccccc1-n1cccn1.Cl. The van der Waals surface area contributed by atoms with E-state index >= 15 is 0 Å². The van der Waals surface area contributed by atoms with Gasteiger partial charge >= 0.3 is 0 Å². The molecule has 2 aromatic rings. The first kappa shape index (κ1) is 18.7. The van der Waals surface area contributed by atoms with Gasteiger partial charge in [0.2, 0.25) is 11.8 Å². The van der Waals surface area contributed by atoms with E-state index in [1.165, 1.54) is 0 Å². The highest BCUT2D eigenvalue weighted by atomic mass is 35.5. The molecule has 4 N–H and O–H groups in total. The quantitative estimate of drug-likeness (QED) is 0.716. The molecule has 124 valence electrons. The van der Waals surface area contributed by atoms with Crippen molar-refractivity contribution in [2.45, 2.75) is 13.0 Å². The van der Waals surface area contributed by atoms with Crippen molar-refractivity contribution < 1.29 is 9.59 Å². The maximum absolute atomic E-state index is 11.9. The summed E-state index contributed by atoms with van der Waals surface area (Å²) in [5.74, 6) is -0.635. The predicted octanol–water partition coefficient (Wildman–Crippen LogP) is 0.546. The molecule has 0 saturated carbocycles. The Morgan fingerprint density at radius 1 is 1.26 bits per heavy atom. The standard InChI is InChI=1S/C15H19N5O2.ClH/c1-11(19-15(22)10-17-14(21)9-16)12-5-2-3-6-13(12)20-8-4-7-18-20;/h2-8,11H,9-10,16H2,1H3,(H,17,21)(H,19,22);1H. The third-order valence-electron chi connectivity index (χ3n) is 3.16. The lowest BCUT2D eigenvalue weighted by molar-refractivity contribution is -0.125. The number of halogens is 1. The second-order valence-corrected chi connectivity index (χ2v) is 4.78. The highest BCUT2D eigenvalue weighted by molar-refractivity contribution is 5.86. The molecule has 8 heteroatoms. The molecular weight excluding hydrogens is 318 g/mol. The van der Waals surface area contributed by atoms with Gasteiger partial charge in [0.05, 0.1) is 24.8 Å². The van der Waals surface area contributed by atoms with Crippen LogP contribution in [0, 0.1) is 0 Å². The number of nitrogens with two attached hydrogens (primary N) is 1. The summed E-state index contributed by atoms with van der Waals surface area (Å²) in [5.41, 5.74) is 7.00. The monoisotopic (exact) mass is 337 g/mol. The van der Waals surface area contributed by atoms with Gasteiger partial charge in [0.25, 0.3) is 0 Å². The molecular formula is C15H20ClN5O2. The molecule has 0 radical (unpaired) electrons. The third-order valence-corrected chi connectivity index (χ3v) is 3.16. The van der Waals surface area contributed by atoms with Crippen LogP contribution in [0.3, 0.4) is 0 Å². The molecule has 0 saturated heterocycles. The van der Waals surface area contributed by atoms with Crippen LogP contribution >= 0.6 is 12.4 Å². The fourth-order valence-corrected chi connectivity index (χ4v) is 2.09. The summed E-state index contributed by atoms with van der Waals surface area (Å²) >= 11 is 0. The van der Waals surface area contributed by atoms with E-state index in [4.69, 9.17) is 5.73 Å². The topological polar surface area (TPSA) is 102 Å². The number of nitrogens with one attached hydrogen (secondary N) is 2. The number of aromatic nitrogens is 2. The Morgan fingerprint density at radius 3 is 2.65 bits per heavy atom. The first-order chi connectivity index (χ1) is 10.6. The van der Waals surface area contributed by atoms with Crippen molar-refractivity contribution in [1.29, 1.82) is 0 Å². The Kier molecular flexibility index (Phi) is 7.24. The van der Waals surface area contributed by atoms with Crippen LogP contribution in [-0.2, 0) is 9.59 Å². The van der Waals surface area contributed by atoms with Gasteiger partial charge in [-0.2, -0.15) is 5.10 Å². The molecule has 0 fully saturated rings. The van der Waals surface area contributed by atoms with Crippen LogP contribution < -0.4 is 16.4 Å². The molecule has 1 unspecified atom stereocenters. The van der Waals surface area contributed by atoms with Gasteiger partial charge < -0.3 is 16.4 Å². The summed E-state index contributed by atoms with van der Waals surface area (Å²) in [5, 5.41) is 9.49. The van der Waals surface area contributed by atoms with Crippen molar-refractivity contribution in [3.8, 4) is 5.69 Å². The third kappa shape index (κ3) is 5.08. The van der Waals surface area contributed by atoms with Gasteiger partial charge in [-0.15, -0.1) is 12.4 Å². The van der Waals surface area contributed by atoms with Gasteiger partial charge in [0, 0.05) is 12.4 Å². The molecule has 1 aromatic carbocycles. The summed E-state index contributed by atoms with van der Waals surface area (Å²) < 4.78 is 1.74. The maximum Gasteiger partial charge on any atom is 0.239 e. The van der Waals surface area contributed by atoms with E-state index in [-0.39, 0.29) is 43.4 Å². The number of rotatable bonds is 6. The minimum atomic E-state index is -0.361. The predicted molar refractivity (Wildman–Crippen MR) is 89.4 cm³/mol. The van der Waals surface area contributed by atoms with Gasteiger partial charge in [0.1, 0.15) is 0 Å². The molecule has 0 spiro atoms. The average Bonchev–Trinajstić information content (AvgIpc) is 3.06. The van der Waals surface area contributed by atoms with E-state index in [1.807, 2.05) is 43.5 Å². The number of carbonyl (C=O) groups excluding carboxylic acids is 2. The van der Waals surface area contributed by atoms with Crippen LogP contribution in [0.25, 0.3) is 5.69 Å². The maximum atomic E-state index is 11.9. The molecule has 1 atom stereocenters. The number of para-hydroxylation sites is 1. The Labute approximate surface area is 140 Å². The number of nitrogens with zero attached hydrogens (tertiary/aromatic N) is 2. The number of amides is 2. The van der Waals surface area contributed by atoms with Crippen molar-refractivity contribution in [2.75, 3.05) is 13.1 Å². The first-order valence-electron chi connectivity index (χ1n) is 6.97. The van der Waals surface area contributed by atoms with Crippen LogP contribution in [0.5, 0.6) is 0 Å². The van der Waals surface area contributed by atoms with Gasteiger partial charge in [-0.25, -0.2) is 4.68 Å². The zero-order chi connectivity index (χ0) is 15.9. The number of hydrogen-bond donors (Lipinski definition) is 3. The van der Waals surface area contributed by atoms with E-state index in [0.717, 1.165) is 11.3 Å². The van der Waals surface area contributed by atoms with Gasteiger partial charge in [-0.3, -0.25) is 9.59 Å². The molecule has 0 bridgehead atoms. The molecule has 1 heterocycles. The minimum Gasteiger partial charge on any atom is -0.348 e. The first-order valence-corrected chi connectivity index (χ1v) is 6.97. The van der Waals surface area contributed by atoms with Crippen LogP contribution in [0.1, 0.15) is 18.5 Å². The Balaban J connectivity index is 0.00000264. The van der Waals surface area contributed by atoms with Gasteiger partial charge in [-0.05, 0) is 24.6 Å². The van der Waals surface area contributed by atoms with Gasteiger partial charge in [0.15, 0.2) is 0 Å². The van der Waals surface area contributed by atoms with Crippen LogP contribution in [0.15, 0.2) is 42.7 Å². The van der Waals surface area contributed by atoms with Crippen molar-refractivity contribution in [2.24, 2.45) is 5.73 Å². The lowest BCUT2D eigenvalue weighted by Gasteiger charge is -2.18. The van der Waals surface area contributed by atoms with Crippen molar-refractivity contribution in [3.63, 3.8) is 0 Å². The van der Waals surface area contributed by atoms with E-state index in [2.05, 4.69) is 15.7 Å². The zero-order valence-electron chi connectivity index (χ0n) is 12.7. The number of carbonyl (C=O) groups is 2. The normalized spacial score (nSPS) is 11.2. The highest BCUT2D eigenvalue weighted by Gasteiger charge is 2.14. The summed E-state index contributed by atoms with van der Waals surface area (Å²) in [4.78, 5) is 22.9. The van der Waals surface area contributed by atoms with Crippen molar-refractivity contribution in [1.82, 2.24) is 20.4 Å². The van der Waals surface area contributed by atoms with E-state index in [0.29, 0.717) is 0 Å². The molecule has 2 amide bonds. The molecule has 0 aliphatic rings. The molecule has 0 aliphatic carbocycles. The molecule has 0 aliphatic heterocycles. The van der Waals surface area contributed by atoms with Crippen LogP contribution in [-0.4, -0.2) is 34.7 Å². The highest BCUT2D eigenvalue weighted by Crippen LogP contribution is 2.20. The minimum absolute atomic E-state index is 0. The smallest absolute Gasteiger partial charge is 0.239 e. The molecule has 1 aromatic heterocycles. The molecule has 7 nitrogen and oxygen atoms in total.